The smallest absolute Gasteiger partial charge is 0.411 e. The zero-order chi connectivity index (χ0) is 18.8. The van der Waals surface area contributed by atoms with Crippen molar-refractivity contribution in [2.24, 2.45) is 0 Å². The van der Waals surface area contributed by atoms with Crippen LogP contribution in [0.2, 0.25) is 0 Å². The van der Waals surface area contributed by atoms with Crippen molar-refractivity contribution in [3.05, 3.63) is 23.8 Å². The van der Waals surface area contributed by atoms with Crippen molar-refractivity contribution in [3.63, 3.8) is 0 Å². The molecule has 0 saturated carbocycles. The second-order valence-corrected chi connectivity index (χ2v) is 6.98. The van der Waals surface area contributed by atoms with Crippen LogP contribution in [0.25, 0.3) is 0 Å². The van der Waals surface area contributed by atoms with Gasteiger partial charge in [-0.2, -0.15) is 0 Å². The molecule has 0 spiro atoms. The number of hydrogen-bond donors (Lipinski definition) is 0. The fraction of sp³-hybridized carbons (Fsp3) is 0.611. The van der Waals surface area contributed by atoms with E-state index in [1.165, 1.54) is 11.8 Å². The van der Waals surface area contributed by atoms with Crippen LogP contribution in [0.1, 0.15) is 41.0 Å². The summed E-state index contributed by atoms with van der Waals surface area (Å²) in [5.41, 5.74) is -0.302. The first-order valence-electron chi connectivity index (χ1n) is 8.41. The first-order chi connectivity index (χ1) is 11.6. The van der Waals surface area contributed by atoms with Gasteiger partial charge < -0.3 is 14.2 Å². The maximum atomic E-state index is 12.5. The molecule has 2 unspecified atom stereocenters. The number of fused-ring (bicyclic) bond motifs is 2. The van der Waals surface area contributed by atoms with E-state index in [0.717, 1.165) is 0 Å². The van der Waals surface area contributed by atoms with Gasteiger partial charge in [0.05, 0.1) is 24.3 Å². The summed E-state index contributed by atoms with van der Waals surface area (Å²) in [7, 11) is 0. The fourth-order valence-corrected chi connectivity index (χ4v) is 2.74. The second kappa shape index (κ2) is 7.29. The molecule has 0 saturated heterocycles. The minimum atomic E-state index is -1.01. The van der Waals surface area contributed by atoms with E-state index in [-0.39, 0.29) is 12.6 Å². The molecule has 0 aliphatic carbocycles. The highest BCUT2D eigenvalue weighted by molar-refractivity contribution is 5.93. The summed E-state index contributed by atoms with van der Waals surface area (Å²) in [5, 5.41) is 0. The Morgan fingerprint density at radius 2 is 1.96 bits per heavy atom. The lowest BCUT2D eigenvalue weighted by molar-refractivity contribution is -0.164. The van der Waals surface area contributed by atoms with Gasteiger partial charge in [-0.1, -0.05) is 18.2 Å². The lowest BCUT2D eigenvalue weighted by Crippen LogP contribution is -2.48. The van der Waals surface area contributed by atoms with Crippen LogP contribution in [-0.2, 0) is 23.8 Å². The van der Waals surface area contributed by atoms with Gasteiger partial charge in [0.15, 0.2) is 6.10 Å². The molecule has 1 amide bonds. The van der Waals surface area contributed by atoms with Crippen LogP contribution in [0.5, 0.6) is 0 Å². The normalized spacial score (nSPS) is 22.9. The van der Waals surface area contributed by atoms with Gasteiger partial charge >= 0.3 is 18.0 Å². The molecule has 0 fully saturated rings. The van der Waals surface area contributed by atoms with Crippen molar-refractivity contribution < 1.29 is 28.6 Å². The van der Waals surface area contributed by atoms with Gasteiger partial charge in [0, 0.05) is 0 Å². The van der Waals surface area contributed by atoms with E-state index < -0.39 is 35.8 Å². The third-order valence-corrected chi connectivity index (χ3v) is 3.81. The van der Waals surface area contributed by atoms with E-state index in [9.17, 15) is 14.4 Å². The van der Waals surface area contributed by atoms with E-state index >= 15 is 0 Å². The predicted octanol–water partition coefficient (Wildman–Crippen LogP) is 2.36. The Kier molecular flexibility index (Phi) is 5.55. The Bertz CT molecular complexity index is 616. The van der Waals surface area contributed by atoms with Gasteiger partial charge in [-0.15, -0.1) is 0 Å². The Morgan fingerprint density at radius 1 is 1.28 bits per heavy atom. The highest BCUT2D eigenvalue weighted by Crippen LogP contribution is 2.32. The van der Waals surface area contributed by atoms with Crippen LogP contribution in [0.15, 0.2) is 23.8 Å². The molecule has 0 aromatic carbocycles. The molecule has 25 heavy (non-hydrogen) atoms. The summed E-state index contributed by atoms with van der Waals surface area (Å²) in [6, 6.07) is -0.686. The SMILES string of the molecule is CCOC(=O)[C@H](C)OC(=O)C1=CCC2C=CC1N2C(=O)OC(C)(C)C. The molecule has 0 N–H and O–H groups in total. The highest BCUT2D eigenvalue weighted by atomic mass is 16.6. The predicted molar refractivity (Wildman–Crippen MR) is 89.7 cm³/mol. The first-order valence-corrected chi connectivity index (χ1v) is 8.41. The van der Waals surface area contributed by atoms with Gasteiger partial charge in [0.1, 0.15) is 5.60 Å². The monoisotopic (exact) mass is 351 g/mol. The minimum Gasteiger partial charge on any atom is -0.463 e. The average molecular weight is 351 g/mol. The number of amides is 1. The molecule has 0 aromatic heterocycles. The van der Waals surface area contributed by atoms with Crippen LogP contribution in [0, 0.1) is 0 Å². The first kappa shape index (κ1) is 19.0. The van der Waals surface area contributed by atoms with E-state index in [1.807, 2.05) is 6.08 Å². The van der Waals surface area contributed by atoms with Crippen molar-refractivity contribution in [3.8, 4) is 0 Å². The summed E-state index contributed by atoms with van der Waals surface area (Å²) in [4.78, 5) is 38.1. The maximum Gasteiger partial charge on any atom is 0.411 e. The van der Waals surface area contributed by atoms with Crippen molar-refractivity contribution >= 4 is 18.0 Å². The number of rotatable bonds is 4. The van der Waals surface area contributed by atoms with Gasteiger partial charge in [0.25, 0.3) is 0 Å². The van der Waals surface area contributed by atoms with Crippen LogP contribution < -0.4 is 0 Å². The second-order valence-electron chi connectivity index (χ2n) is 6.98. The summed E-state index contributed by atoms with van der Waals surface area (Å²) in [6.45, 7) is 8.71. The Balaban J connectivity index is 2.08. The van der Waals surface area contributed by atoms with Gasteiger partial charge in [0.2, 0.25) is 0 Å². The van der Waals surface area contributed by atoms with Crippen molar-refractivity contribution in [1.82, 2.24) is 4.90 Å². The van der Waals surface area contributed by atoms with Crippen LogP contribution in [0.4, 0.5) is 4.79 Å². The lowest BCUT2D eigenvalue weighted by atomic mass is 10.0. The topological polar surface area (TPSA) is 82.1 Å². The zero-order valence-electron chi connectivity index (χ0n) is 15.3. The number of esters is 2. The molecule has 0 radical (unpaired) electrons. The standard InChI is InChI=1S/C18H25NO6/c1-6-23-15(20)11(2)24-16(21)13-9-7-12-8-10-14(13)19(12)17(22)25-18(3,4)5/h8-12,14H,6-7H2,1-5H3/t11-,12?,14?/m0/s1. The van der Waals surface area contributed by atoms with E-state index in [0.29, 0.717) is 12.0 Å². The number of carbonyl (C=O) groups is 3. The van der Waals surface area contributed by atoms with Crippen LogP contribution in [0.3, 0.4) is 0 Å². The Labute approximate surface area is 147 Å². The van der Waals surface area contributed by atoms with E-state index in [4.69, 9.17) is 14.2 Å². The number of nitrogens with zero attached hydrogens (tertiary/aromatic N) is 1. The molecule has 7 heteroatoms. The fourth-order valence-electron chi connectivity index (χ4n) is 2.74. The van der Waals surface area contributed by atoms with Gasteiger partial charge in [-0.3, -0.25) is 4.90 Å². The van der Waals surface area contributed by atoms with E-state index in [1.54, 1.807) is 39.8 Å². The van der Waals surface area contributed by atoms with Crippen LogP contribution in [-0.4, -0.2) is 53.3 Å². The minimum absolute atomic E-state index is 0.140. The molecule has 2 rings (SSSR count). The van der Waals surface area contributed by atoms with Crippen molar-refractivity contribution in [2.45, 2.75) is 64.8 Å². The van der Waals surface area contributed by atoms with Gasteiger partial charge in [-0.25, -0.2) is 14.4 Å². The molecule has 2 aliphatic rings. The van der Waals surface area contributed by atoms with E-state index in [2.05, 4.69) is 0 Å². The van der Waals surface area contributed by atoms with Crippen molar-refractivity contribution in [2.75, 3.05) is 6.61 Å². The van der Waals surface area contributed by atoms with Crippen molar-refractivity contribution in [1.29, 1.82) is 0 Å². The molecule has 2 bridgehead atoms. The highest BCUT2D eigenvalue weighted by Gasteiger charge is 2.42. The molecule has 138 valence electrons. The Hall–Kier alpha value is -2.31. The summed E-state index contributed by atoms with van der Waals surface area (Å²) in [5.74, 6) is -1.24. The molecular weight excluding hydrogens is 326 g/mol. The summed E-state index contributed by atoms with van der Waals surface area (Å²) < 4.78 is 15.5. The third-order valence-electron chi connectivity index (χ3n) is 3.81. The van der Waals surface area contributed by atoms with Crippen LogP contribution >= 0.6 is 0 Å². The summed E-state index contributed by atoms with van der Waals surface area (Å²) >= 11 is 0. The quantitative estimate of drug-likeness (QED) is 0.439. The average Bonchev–Trinajstić information content (AvgIpc) is 2.79. The van der Waals surface area contributed by atoms with Gasteiger partial charge in [-0.05, 0) is 41.0 Å². The molecule has 0 aromatic rings. The maximum absolute atomic E-state index is 12.5. The molecule has 7 nitrogen and oxygen atoms in total. The largest absolute Gasteiger partial charge is 0.463 e. The third kappa shape index (κ3) is 4.41. The number of hydrogen-bond acceptors (Lipinski definition) is 6. The molecule has 2 heterocycles. The lowest BCUT2D eigenvalue weighted by Gasteiger charge is -2.35. The summed E-state index contributed by atoms with van der Waals surface area (Å²) in [6.07, 6.45) is 4.40. The number of carbonyl (C=O) groups excluding carboxylic acids is 3. The number of ether oxygens (including phenoxy) is 3. The molecule has 3 atom stereocenters. The molecular formula is C18H25NO6. The molecule has 2 aliphatic heterocycles. The zero-order valence-corrected chi connectivity index (χ0v) is 15.3. The Morgan fingerprint density at radius 3 is 2.56 bits per heavy atom.